The van der Waals surface area contributed by atoms with Crippen LogP contribution in [0.5, 0.6) is 0 Å². The Morgan fingerprint density at radius 1 is 1.18 bits per heavy atom. The Morgan fingerprint density at radius 3 is 2.42 bits per heavy atom. The molecule has 0 radical (unpaired) electrons. The molecule has 0 unspecified atom stereocenters. The summed E-state index contributed by atoms with van der Waals surface area (Å²) in [4.78, 5) is 12.1. The number of carbonyl (C=O) groups is 1. The van der Waals surface area contributed by atoms with Gasteiger partial charge in [0.25, 0.3) is 5.91 Å². The zero-order valence-electron chi connectivity index (χ0n) is 17.9. The van der Waals surface area contributed by atoms with Crippen molar-refractivity contribution in [2.45, 2.75) is 43.7 Å². The minimum Gasteiger partial charge on any atom is -0.382 e. The first-order valence-corrected chi connectivity index (χ1v) is 11.1. The quantitative estimate of drug-likeness (QED) is 0.444. The van der Waals surface area contributed by atoms with E-state index in [-0.39, 0.29) is 29.7 Å². The van der Waals surface area contributed by atoms with Crippen molar-refractivity contribution in [1.82, 2.24) is 9.78 Å². The van der Waals surface area contributed by atoms with E-state index in [0.717, 1.165) is 18.5 Å². The Kier molecular flexibility index (Phi) is 6.52. The molecule has 2 aromatic carbocycles. The van der Waals surface area contributed by atoms with Crippen LogP contribution in [-0.2, 0) is 5.54 Å². The van der Waals surface area contributed by atoms with Crippen LogP contribution in [0.4, 0.5) is 21.6 Å². The minimum atomic E-state index is -0.629. The van der Waals surface area contributed by atoms with Crippen molar-refractivity contribution < 1.29 is 9.18 Å². The summed E-state index contributed by atoms with van der Waals surface area (Å²) in [7, 11) is 0. The molecule has 1 saturated carbocycles. The van der Waals surface area contributed by atoms with Crippen molar-refractivity contribution >= 4 is 34.7 Å². The smallest absolute Gasteiger partial charge is 0.254 e. The summed E-state index contributed by atoms with van der Waals surface area (Å²) in [6, 6.07) is 15.9. The van der Waals surface area contributed by atoms with Gasteiger partial charge in [0.15, 0.2) is 5.82 Å². The third-order valence-corrected chi connectivity index (χ3v) is 6.36. The Bertz CT molecular complexity index is 1160. The van der Waals surface area contributed by atoms with E-state index >= 15 is 0 Å². The van der Waals surface area contributed by atoms with Crippen LogP contribution in [0.1, 0.15) is 42.5 Å². The summed E-state index contributed by atoms with van der Waals surface area (Å²) in [5.41, 5.74) is 6.85. The number of nitrogens with two attached hydrogens (primary N) is 1. The molecule has 0 bridgehead atoms. The number of benzene rings is 2. The van der Waals surface area contributed by atoms with Crippen LogP contribution in [0.3, 0.4) is 0 Å². The van der Waals surface area contributed by atoms with Crippen molar-refractivity contribution in [3.8, 4) is 6.07 Å². The number of primary amides is 1. The SMILES string of the molecule is N#CCC1(n2cc(C(N)=O)c(Nc3ccc(F)cc3)n2)CCC(Nc2ccc(Cl)cc2)CC1. The fraction of sp³-hybridized carbons (Fsp3) is 0.292. The molecule has 1 aliphatic carbocycles. The first kappa shape index (κ1) is 22.6. The molecule has 33 heavy (non-hydrogen) atoms. The number of hydrogen-bond donors (Lipinski definition) is 3. The van der Waals surface area contributed by atoms with Crippen molar-refractivity contribution in [3.63, 3.8) is 0 Å². The molecule has 0 atom stereocenters. The van der Waals surface area contributed by atoms with Crippen LogP contribution in [-0.4, -0.2) is 21.7 Å². The zero-order chi connectivity index (χ0) is 23.4. The van der Waals surface area contributed by atoms with Gasteiger partial charge in [-0.15, -0.1) is 0 Å². The maximum Gasteiger partial charge on any atom is 0.254 e. The van der Waals surface area contributed by atoms with E-state index in [1.54, 1.807) is 23.0 Å². The molecule has 170 valence electrons. The van der Waals surface area contributed by atoms with Crippen LogP contribution in [0.15, 0.2) is 54.7 Å². The number of rotatable bonds is 7. The minimum absolute atomic E-state index is 0.220. The van der Waals surface area contributed by atoms with Crippen molar-refractivity contribution in [2.75, 3.05) is 10.6 Å². The first-order chi connectivity index (χ1) is 15.9. The number of aromatic nitrogens is 2. The molecule has 4 N–H and O–H groups in total. The molecule has 1 heterocycles. The number of nitrogens with one attached hydrogen (secondary N) is 2. The number of nitriles is 1. The maximum atomic E-state index is 13.2. The van der Waals surface area contributed by atoms with Gasteiger partial charge in [0.2, 0.25) is 0 Å². The lowest BCUT2D eigenvalue weighted by Crippen LogP contribution is -2.41. The predicted octanol–water partition coefficient (Wildman–Crippen LogP) is 5.18. The molecule has 4 rings (SSSR count). The van der Waals surface area contributed by atoms with E-state index < -0.39 is 11.4 Å². The lowest BCUT2D eigenvalue weighted by molar-refractivity contribution is 0.100. The fourth-order valence-electron chi connectivity index (χ4n) is 4.27. The first-order valence-electron chi connectivity index (χ1n) is 10.7. The van der Waals surface area contributed by atoms with Crippen molar-refractivity contribution in [1.29, 1.82) is 5.26 Å². The molecule has 1 amide bonds. The molecular formula is C24H24ClFN6O. The largest absolute Gasteiger partial charge is 0.382 e. The van der Waals surface area contributed by atoms with E-state index in [1.807, 2.05) is 24.3 Å². The molecule has 0 saturated heterocycles. The van der Waals surface area contributed by atoms with Gasteiger partial charge in [-0.3, -0.25) is 9.48 Å². The van der Waals surface area contributed by atoms with Crippen molar-refractivity contribution in [3.05, 3.63) is 71.1 Å². The van der Waals surface area contributed by atoms with Gasteiger partial charge in [-0.05, 0) is 74.2 Å². The van der Waals surface area contributed by atoms with Gasteiger partial charge in [0.05, 0.1) is 18.0 Å². The third-order valence-electron chi connectivity index (χ3n) is 6.11. The van der Waals surface area contributed by atoms with Gasteiger partial charge in [0, 0.05) is 28.6 Å². The van der Waals surface area contributed by atoms with Gasteiger partial charge in [-0.25, -0.2) is 4.39 Å². The van der Waals surface area contributed by atoms with Gasteiger partial charge < -0.3 is 16.4 Å². The average molecular weight is 467 g/mol. The fourth-order valence-corrected chi connectivity index (χ4v) is 4.40. The molecule has 3 aromatic rings. The molecule has 0 aliphatic heterocycles. The molecule has 9 heteroatoms. The number of nitrogens with zero attached hydrogens (tertiary/aromatic N) is 3. The third kappa shape index (κ3) is 5.10. The number of hydrogen-bond acceptors (Lipinski definition) is 5. The highest BCUT2D eigenvalue weighted by Crippen LogP contribution is 2.39. The van der Waals surface area contributed by atoms with Crippen LogP contribution in [0.25, 0.3) is 0 Å². The lowest BCUT2D eigenvalue weighted by atomic mass is 9.77. The second-order valence-corrected chi connectivity index (χ2v) is 8.75. The Morgan fingerprint density at radius 2 is 1.82 bits per heavy atom. The standard InChI is InChI=1S/C24H24ClFN6O/c25-16-1-5-18(6-2-16)29-20-9-11-24(12-10-20,13-14-27)32-15-21(22(28)33)23(31-32)30-19-7-3-17(26)4-8-19/h1-8,15,20,29H,9-13H2,(H2,28,33)(H,30,31). The van der Waals surface area contributed by atoms with E-state index in [0.29, 0.717) is 23.6 Å². The molecule has 0 spiro atoms. The summed E-state index contributed by atoms with van der Waals surface area (Å²) in [5.74, 6) is -0.706. The van der Waals surface area contributed by atoms with Crippen LogP contribution in [0, 0.1) is 17.1 Å². The van der Waals surface area contributed by atoms with Gasteiger partial charge in [-0.2, -0.15) is 10.4 Å². The van der Waals surface area contributed by atoms with Gasteiger partial charge >= 0.3 is 0 Å². The van der Waals surface area contributed by atoms with E-state index in [1.165, 1.54) is 12.1 Å². The monoisotopic (exact) mass is 466 g/mol. The molecule has 1 fully saturated rings. The number of amides is 1. The summed E-state index contributed by atoms with van der Waals surface area (Å²) >= 11 is 5.97. The Balaban J connectivity index is 1.55. The van der Waals surface area contributed by atoms with E-state index in [9.17, 15) is 14.4 Å². The number of halogens is 2. The second-order valence-electron chi connectivity index (χ2n) is 8.32. The normalized spacial score (nSPS) is 20.1. The summed E-state index contributed by atoms with van der Waals surface area (Å²) in [5, 5.41) is 21.4. The number of carbonyl (C=O) groups excluding carboxylic acids is 1. The van der Waals surface area contributed by atoms with Crippen LogP contribution in [0.2, 0.25) is 5.02 Å². The topological polar surface area (TPSA) is 109 Å². The summed E-state index contributed by atoms with van der Waals surface area (Å²) in [6.07, 6.45) is 4.95. The highest BCUT2D eigenvalue weighted by molar-refractivity contribution is 6.30. The van der Waals surface area contributed by atoms with Crippen LogP contribution < -0.4 is 16.4 Å². The number of anilines is 3. The molecule has 1 aliphatic rings. The Hall–Kier alpha value is -3.57. The maximum absolute atomic E-state index is 13.2. The Labute approximate surface area is 196 Å². The molecular weight excluding hydrogens is 443 g/mol. The average Bonchev–Trinajstić information content (AvgIpc) is 3.23. The van der Waals surface area contributed by atoms with Gasteiger partial charge in [0.1, 0.15) is 11.4 Å². The highest BCUT2D eigenvalue weighted by atomic mass is 35.5. The van der Waals surface area contributed by atoms with E-state index in [2.05, 4.69) is 21.8 Å². The van der Waals surface area contributed by atoms with Crippen molar-refractivity contribution in [2.24, 2.45) is 5.73 Å². The predicted molar refractivity (Wildman–Crippen MR) is 126 cm³/mol. The molecule has 1 aromatic heterocycles. The lowest BCUT2D eigenvalue weighted by Gasteiger charge is -2.39. The second kappa shape index (κ2) is 9.51. The summed E-state index contributed by atoms with van der Waals surface area (Å²) in [6.45, 7) is 0. The molecule has 7 nitrogen and oxygen atoms in total. The summed E-state index contributed by atoms with van der Waals surface area (Å²) < 4.78 is 14.9. The van der Waals surface area contributed by atoms with Crippen LogP contribution >= 0.6 is 11.6 Å². The van der Waals surface area contributed by atoms with E-state index in [4.69, 9.17) is 17.3 Å². The highest BCUT2D eigenvalue weighted by Gasteiger charge is 2.38. The van der Waals surface area contributed by atoms with Gasteiger partial charge in [-0.1, -0.05) is 11.6 Å². The zero-order valence-corrected chi connectivity index (χ0v) is 18.6.